The average Bonchev–Trinajstić information content (AvgIpc) is 3.56. The van der Waals surface area contributed by atoms with Crippen LogP contribution in [-0.2, 0) is 6.54 Å². The number of likely N-dealkylation sites (N-methyl/N-ethyl adjacent to an activating group) is 1. The fourth-order valence-corrected chi connectivity index (χ4v) is 4.63. The van der Waals surface area contributed by atoms with Gasteiger partial charge in [-0.3, -0.25) is 4.68 Å². The van der Waals surface area contributed by atoms with Crippen LogP contribution in [0.1, 0.15) is 58.3 Å². The van der Waals surface area contributed by atoms with Crippen LogP contribution in [0, 0.1) is 5.92 Å². The lowest BCUT2D eigenvalue weighted by Crippen LogP contribution is -2.44. The summed E-state index contributed by atoms with van der Waals surface area (Å²) in [7, 11) is 3.89. The fraction of sp³-hybridized carbons (Fsp3) is 0.500. The van der Waals surface area contributed by atoms with Gasteiger partial charge >= 0.3 is 0 Å². The van der Waals surface area contributed by atoms with Crippen LogP contribution >= 0.6 is 0 Å². The van der Waals surface area contributed by atoms with E-state index in [1.807, 2.05) is 34.6 Å². The molecule has 9 nitrogen and oxygen atoms in total. The Morgan fingerprint density at radius 2 is 1.97 bits per heavy atom. The van der Waals surface area contributed by atoms with E-state index in [1.165, 1.54) is 0 Å². The van der Waals surface area contributed by atoms with Crippen molar-refractivity contribution in [2.24, 2.45) is 5.92 Å². The number of rotatable bonds is 12. The number of ether oxygens (including phenoxy) is 1. The van der Waals surface area contributed by atoms with E-state index in [-0.39, 0.29) is 0 Å². The summed E-state index contributed by atoms with van der Waals surface area (Å²) in [5.41, 5.74) is 3.96. The summed E-state index contributed by atoms with van der Waals surface area (Å²) in [6, 6.07) is 6.21. The number of hydrogen-bond donors (Lipinski definition) is 1. The minimum Gasteiger partial charge on any atom is -0.495 e. The molecule has 0 bridgehead atoms. The molecule has 0 radical (unpaired) electrons. The highest BCUT2D eigenvalue weighted by Gasteiger charge is 2.19. The van der Waals surface area contributed by atoms with E-state index in [4.69, 9.17) is 14.8 Å². The van der Waals surface area contributed by atoms with E-state index in [2.05, 4.69) is 78.5 Å². The number of aromatic nitrogens is 5. The van der Waals surface area contributed by atoms with Crippen molar-refractivity contribution in [3.05, 3.63) is 54.1 Å². The van der Waals surface area contributed by atoms with Crippen molar-refractivity contribution in [3.8, 4) is 5.75 Å². The number of hydrogen-bond acceptors (Lipinski definition) is 7. The van der Waals surface area contributed by atoms with Crippen LogP contribution in [0.5, 0.6) is 5.75 Å². The number of aryl methyl sites for hydroxylation is 1. The van der Waals surface area contributed by atoms with Crippen molar-refractivity contribution >= 4 is 29.1 Å². The molecule has 0 saturated carbocycles. The number of nitrogens with zero attached hydrogens (tertiary/aromatic N) is 7. The molecule has 0 aliphatic carbocycles. The maximum atomic E-state index is 5.78. The van der Waals surface area contributed by atoms with E-state index in [1.54, 1.807) is 7.11 Å². The first-order valence-electron chi connectivity index (χ1n) is 14.1. The Morgan fingerprint density at radius 3 is 2.67 bits per heavy atom. The van der Waals surface area contributed by atoms with Crippen molar-refractivity contribution in [1.82, 2.24) is 29.4 Å². The van der Waals surface area contributed by atoms with Crippen LogP contribution in [0.25, 0.3) is 11.8 Å². The van der Waals surface area contributed by atoms with E-state index in [0.717, 1.165) is 86.2 Å². The average molecular weight is 533 g/mol. The summed E-state index contributed by atoms with van der Waals surface area (Å²) in [4.78, 5) is 9.57. The van der Waals surface area contributed by atoms with Gasteiger partial charge in [-0.1, -0.05) is 39.3 Å². The minimum atomic E-state index is 0.534. The molecule has 1 aliphatic rings. The van der Waals surface area contributed by atoms with Gasteiger partial charge in [0, 0.05) is 56.2 Å². The predicted molar refractivity (Wildman–Crippen MR) is 161 cm³/mol. The molecule has 2 aromatic heterocycles. The standard InChI is InChI=1S/C30H44N8O/c1-7-9-10-11-29-33-30(34-38(29)26(8-2)24-21-31-37(22-24)15-14-23(3)4)32-25-12-13-27(28(20-25)39-6)36-18-16-35(5)17-19-36/h8,10-13,20-23H,7,9,14-19H2,1-6H3,(H,32,34)/b11-10+,26-8-. The molecule has 3 aromatic rings. The fourth-order valence-electron chi connectivity index (χ4n) is 4.63. The summed E-state index contributed by atoms with van der Waals surface area (Å²) in [5.74, 6) is 2.78. The second-order valence-corrected chi connectivity index (χ2v) is 10.5. The second-order valence-electron chi connectivity index (χ2n) is 10.5. The van der Waals surface area contributed by atoms with Gasteiger partial charge in [0.25, 0.3) is 0 Å². The molecule has 0 atom stereocenters. The molecule has 1 aromatic carbocycles. The van der Waals surface area contributed by atoms with Crippen molar-refractivity contribution in [2.45, 2.75) is 53.5 Å². The Bertz CT molecular complexity index is 1260. The normalized spacial score (nSPS) is 15.1. The second kappa shape index (κ2) is 13.5. The first kappa shape index (κ1) is 28.4. The highest BCUT2D eigenvalue weighted by atomic mass is 16.5. The monoisotopic (exact) mass is 532 g/mol. The van der Waals surface area contributed by atoms with E-state index in [0.29, 0.717) is 11.9 Å². The van der Waals surface area contributed by atoms with Gasteiger partial charge < -0.3 is 19.9 Å². The molecule has 1 fully saturated rings. The zero-order valence-corrected chi connectivity index (χ0v) is 24.4. The Labute approximate surface area is 233 Å². The number of benzene rings is 1. The van der Waals surface area contributed by atoms with E-state index >= 15 is 0 Å². The van der Waals surface area contributed by atoms with Crippen molar-refractivity contribution < 1.29 is 4.74 Å². The number of nitrogens with one attached hydrogen (secondary N) is 1. The molecule has 9 heteroatoms. The Kier molecular flexibility index (Phi) is 9.81. The van der Waals surface area contributed by atoms with E-state index < -0.39 is 0 Å². The zero-order valence-electron chi connectivity index (χ0n) is 24.4. The van der Waals surface area contributed by atoms with Gasteiger partial charge in [-0.05, 0) is 50.9 Å². The Morgan fingerprint density at radius 1 is 1.18 bits per heavy atom. The number of allylic oxidation sites excluding steroid dienone is 2. The van der Waals surface area contributed by atoms with Gasteiger partial charge in [0.2, 0.25) is 5.95 Å². The molecule has 1 aliphatic heterocycles. The van der Waals surface area contributed by atoms with Crippen LogP contribution in [0.2, 0.25) is 0 Å². The summed E-state index contributed by atoms with van der Waals surface area (Å²) in [6.45, 7) is 13.6. The van der Waals surface area contributed by atoms with Crippen molar-refractivity contribution in [1.29, 1.82) is 0 Å². The molecule has 3 heterocycles. The molecule has 0 amide bonds. The highest BCUT2D eigenvalue weighted by molar-refractivity contribution is 5.70. The van der Waals surface area contributed by atoms with Gasteiger partial charge in [0.15, 0.2) is 5.82 Å². The molecular weight excluding hydrogens is 488 g/mol. The van der Waals surface area contributed by atoms with Gasteiger partial charge in [-0.25, -0.2) is 4.68 Å². The third kappa shape index (κ3) is 7.29. The Balaban J connectivity index is 1.59. The molecule has 0 spiro atoms. The molecule has 4 rings (SSSR count). The lowest BCUT2D eigenvalue weighted by Gasteiger charge is -2.34. The quantitative estimate of drug-likeness (QED) is 0.318. The number of methoxy groups -OCH3 is 1. The lowest BCUT2D eigenvalue weighted by atomic mass is 10.1. The van der Waals surface area contributed by atoms with Crippen LogP contribution in [-0.4, -0.2) is 69.8 Å². The van der Waals surface area contributed by atoms with Gasteiger partial charge in [0.1, 0.15) is 5.75 Å². The molecule has 210 valence electrons. The van der Waals surface area contributed by atoms with Crippen LogP contribution in [0.15, 0.2) is 42.7 Å². The van der Waals surface area contributed by atoms with Gasteiger partial charge in [-0.15, -0.1) is 5.10 Å². The molecule has 0 unspecified atom stereocenters. The number of anilines is 3. The first-order valence-corrected chi connectivity index (χ1v) is 14.1. The molecule has 39 heavy (non-hydrogen) atoms. The largest absolute Gasteiger partial charge is 0.495 e. The summed E-state index contributed by atoms with van der Waals surface area (Å²) < 4.78 is 9.68. The minimum absolute atomic E-state index is 0.534. The number of unbranched alkanes of at least 4 members (excludes halogenated alkanes) is 1. The highest BCUT2D eigenvalue weighted by Crippen LogP contribution is 2.33. The smallest absolute Gasteiger partial charge is 0.247 e. The topological polar surface area (TPSA) is 76.3 Å². The maximum absolute atomic E-state index is 5.78. The van der Waals surface area contributed by atoms with Gasteiger partial charge in [0.05, 0.1) is 24.7 Å². The van der Waals surface area contributed by atoms with Crippen molar-refractivity contribution in [2.75, 3.05) is 50.6 Å². The predicted octanol–water partition coefficient (Wildman–Crippen LogP) is 5.75. The maximum Gasteiger partial charge on any atom is 0.247 e. The number of piperazine rings is 1. The summed E-state index contributed by atoms with van der Waals surface area (Å²) in [5, 5.41) is 12.9. The summed E-state index contributed by atoms with van der Waals surface area (Å²) >= 11 is 0. The molecule has 1 N–H and O–H groups in total. The Hall–Kier alpha value is -3.59. The third-order valence-electron chi connectivity index (χ3n) is 7.00. The van der Waals surface area contributed by atoms with Crippen molar-refractivity contribution in [3.63, 3.8) is 0 Å². The summed E-state index contributed by atoms with van der Waals surface area (Å²) in [6.07, 6.45) is 13.4. The molecule has 1 saturated heterocycles. The first-order chi connectivity index (χ1) is 18.9. The van der Waals surface area contributed by atoms with Crippen LogP contribution in [0.4, 0.5) is 17.3 Å². The van der Waals surface area contributed by atoms with Crippen LogP contribution in [0.3, 0.4) is 0 Å². The zero-order chi connectivity index (χ0) is 27.8. The molecular formula is C30H44N8O. The van der Waals surface area contributed by atoms with Gasteiger partial charge in [-0.2, -0.15) is 10.1 Å². The third-order valence-corrected chi connectivity index (χ3v) is 7.00. The van der Waals surface area contributed by atoms with Crippen LogP contribution < -0.4 is 15.0 Å². The van der Waals surface area contributed by atoms with E-state index in [9.17, 15) is 0 Å². The lowest BCUT2D eigenvalue weighted by molar-refractivity contribution is 0.311. The SMILES string of the molecule is C/C=C(/c1cnn(CCC(C)C)c1)n1nc(Nc2ccc(N3CCN(C)CC3)c(OC)c2)nc1/C=C/CCC.